The molecule has 0 amide bonds. The number of halogens is 1. The summed E-state index contributed by atoms with van der Waals surface area (Å²) in [6.07, 6.45) is 3.96. The number of fused-ring (bicyclic) bond motifs is 1. The fourth-order valence-electron chi connectivity index (χ4n) is 3.08. The summed E-state index contributed by atoms with van der Waals surface area (Å²) in [5.41, 5.74) is 1.97. The van der Waals surface area contributed by atoms with Crippen LogP contribution in [0.1, 0.15) is 45.1 Å². The van der Waals surface area contributed by atoms with Gasteiger partial charge >= 0.3 is 0 Å². The first-order valence-electron chi connectivity index (χ1n) is 8.06. The largest absolute Gasteiger partial charge is 0.386 e. The summed E-state index contributed by atoms with van der Waals surface area (Å²) >= 11 is 6.28. The maximum atomic E-state index is 12.5. The third kappa shape index (κ3) is 3.24. The SMILES string of the molecule is CC(C)(C)NC=C1C(=O)CC(c2cccc3[nH]cc(Cl)c23)CC1=O. The highest BCUT2D eigenvalue weighted by Gasteiger charge is 2.32. The molecule has 2 N–H and O–H groups in total. The molecule has 4 nitrogen and oxygen atoms in total. The smallest absolute Gasteiger partial charge is 0.168 e. The van der Waals surface area contributed by atoms with Crippen LogP contribution in [0.15, 0.2) is 36.2 Å². The van der Waals surface area contributed by atoms with E-state index in [2.05, 4.69) is 10.3 Å². The fourth-order valence-corrected chi connectivity index (χ4v) is 3.34. The minimum absolute atomic E-state index is 0.114. The van der Waals surface area contributed by atoms with E-state index in [1.54, 1.807) is 12.4 Å². The number of ketones is 2. The van der Waals surface area contributed by atoms with Gasteiger partial charge in [0.05, 0.1) is 10.6 Å². The Morgan fingerprint density at radius 2 is 1.88 bits per heavy atom. The number of aromatic nitrogens is 1. The van der Waals surface area contributed by atoms with Crippen molar-refractivity contribution in [3.8, 4) is 0 Å². The summed E-state index contributed by atoms with van der Waals surface area (Å²) in [5.74, 6) is -0.359. The first-order chi connectivity index (χ1) is 11.3. The van der Waals surface area contributed by atoms with E-state index in [1.165, 1.54) is 0 Å². The van der Waals surface area contributed by atoms with E-state index in [0.29, 0.717) is 17.9 Å². The molecule has 0 aliphatic heterocycles. The summed E-state index contributed by atoms with van der Waals surface area (Å²) in [6.45, 7) is 5.96. The van der Waals surface area contributed by atoms with Gasteiger partial charge in [0.1, 0.15) is 0 Å². The number of Topliss-reactive ketones (excluding diaryl/α,β-unsaturated/α-hetero) is 2. The zero-order valence-electron chi connectivity index (χ0n) is 14.1. The molecule has 0 saturated heterocycles. The lowest BCUT2D eigenvalue weighted by molar-refractivity contribution is -0.124. The average molecular weight is 345 g/mol. The van der Waals surface area contributed by atoms with Crippen molar-refractivity contribution in [2.75, 3.05) is 0 Å². The quantitative estimate of drug-likeness (QED) is 0.636. The topological polar surface area (TPSA) is 62.0 Å². The number of hydrogen-bond donors (Lipinski definition) is 2. The number of rotatable bonds is 2. The molecule has 0 bridgehead atoms. The lowest BCUT2D eigenvalue weighted by Gasteiger charge is -2.25. The van der Waals surface area contributed by atoms with Crippen molar-refractivity contribution in [1.29, 1.82) is 0 Å². The molecule has 1 aliphatic carbocycles. The van der Waals surface area contributed by atoms with Gasteiger partial charge in [-0.25, -0.2) is 0 Å². The predicted molar refractivity (Wildman–Crippen MR) is 96.3 cm³/mol. The van der Waals surface area contributed by atoms with E-state index in [-0.39, 0.29) is 28.6 Å². The highest BCUT2D eigenvalue weighted by atomic mass is 35.5. The third-order valence-corrected chi connectivity index (χ3v) is 4.54. The minimum atomic E-state index is -0.186. The summed E-state index contributed by atoms with van der Waals surface area (Å²) in [4.78, 5) is 28.1. The van der Waals surface area contributed by atoms with Gasteiger partial charge in [0.2, 0.25) is 0 Å². The van der Waals surface area contributed by atoms with Gasteiger partial charge in [-0.3, -0.25) is 9.59 Å². The number of aromatic amines is 1. The van der Waals surface area contributed by atoms with Crippen molar-refractivity contribution in [3.05, 3.63) is 46.8 Å². The van der Waals surface area contributed by atoms with Crippen LogP contribution in [-0.4, -0.2) is 22.1 Å². The molecule has 0 spiro atoms. The molecule has 3 rings (SSSR count). The van der Waals surface area contributed by atoms with Crippen LogP contribution in [-0.2, 0) is 9.59 Å². The Labute approximate surface area is 146 Å². The Hall–Kier alpha value is -2.07. The maximum absolute atomic E-state index is 12.5. The molecule has 126 valence electrons. The standard InChI is InChI=1S/C19H21ClN2O2/c1-19(2,3)22-9-13-16(23)7-11(8-17(13)24)12-5-4-6-15-18(12)14(20)10-21-15/h4-6,9-11,21-22H,7-8H2,1-3H3. The minimum Gasteiger partial charge on any atom is -0.386 e. The summed E-state index contributed by atoms with van der Waals surface area (Å²) < 4.78 is 0. The molecule has 0 atom stereocenters. The zero-order valence-corrected chi connectivity index (χ0v) is 14.8. The van der Waals surface area contributed by atoms with E-state index >= 15 is 0 Å². The maximum Gasteiger partial charge on any atom is 0.168 e. The molecule has 1 aliphatic rings. The van der Waals surface area contributed by atoms with Crippen molar-refractivity contribution in [2.24, 2.45) is 0 Å². The van der Waals surface area contributed by atoms with Gasteiger partial charge in [-0.05, 0) is 38.3 Å². The van der Waals surface area contributed by atoms with Crippen LogP contribution >= 0.6 is 11.6 Å². The van der Waals surface area contributed by atoms with Gasteiger partial charge < -0.3 is 10.3 Å². The van der Waals surface area contributed by atoms with E-state index < -0.39 is 0 Å². The lowest BCUT2D eigenvalue weighted by Crippen LogP contribution is -2.34. The predicted octanol–water partition coefficient (Wildman–Crippen LogP) is 4.11. The normalized spacial score (nSPS) is 19.0. The van der Waals surface area contributed by atoms with Gasteiger partial charge in [0.25, 0.3) is 0 Å². The Kier molecular flexibility index (Phi) is 4.26. The van der Waals surface area contributed by atoms with Crippen LogP contribution in [0, 0.1) is 0 Å². The number of benzene rings is 1. The van der Waals surface area contributed by atoms with Gasteiger partial charge in [0, 0.05) is 41.7 Å². The highest BCUT2D eigenvalue weighted by Crippen LogP contribution is 2.37. The Morgan fingerprint density at radius 3 is 2.50 bits per heavy atom. The van der Waals surface area contributed by atoms with E-state index in [9.17, 15) is 9.59 Å². The van der Waals surface area contributed by atoms with Crippen molar-refractivity contribution >= 4 is 34.1 Å². The van der Waals surface area contributed by atoms with Crippen molar-refractivity contribution in [3.63, 3.8) is 0 Å². The second-order valence-electron chi connectivity index (χ2n) is 7.31. The number of H-pyrrole nitrogens is 1. The highest BCUT2D eigenvalue weighted by molar-refractivity contribution is 6.36. The van der Waals surface area contributed by atoms with Crippen LogP contribution in [0.3, 0.4) is 0 Å². The van der Waals surface area contributed by atoms with Crippen molar-refractivity contribution in [1.82, 2.24) is 10.3 Å². The Bertz CT molecular complexity index is 823. The molecule has 0 unspecified atom stereocenters. The van der Waals surface area contributed by atoms with Gasteiger partial charge in [-0.15, -0.1) is 0 Å². The summed E-state index contributed by atoms with van der Waals surface area (Å²) in [7, 11) is 0. The first kappa shape index (κ1) is 16.8. The third-order valence-electron chi connectivity index (χ3n) is 4.24. The summed E-state index contributed by atoms with van der Waals surface area (Å²) in [6, 6.07) is 5.82. The number of hydrogen-bond acceptors (Lipinski definition) is 3. The number of carbonyl (C=O) groups is 2. The van der Waals surface area contributed by atoms with Gasteiger partial charge in [0.15, 0.2) is 11.6 Å². The van der Waals surface area contributed by atoms with E-state index in [1.807, 2.05) is 39.0 Å². The van der Waals surface area contributed by atoms with E-state index in [4.69, 9.17) is 11.6 Å². The van der Waals surface area contributed by atoms with Crippen LogP contribution in [0.5, 0.6) is 0 Å². The van der Waals surface area contributed by atoms with Crippen LogP contribution < -0.4 is 5.32 Å². The lowest BCUT2D eigenvalue weighted by atomic mass is 9.79. The molecule has 1 aromatic carbocycles. The van der Waals surface area contributed by atoms with Gasteiger partial charge in [-0.2, -0.15) is 0 Å². The van der Waals surface area contributed by atoms with Gasteiger partial charge in [-0.1, -0.05) is 23.7 Å². The Morgan fingerprint density at radius 1 is 1.21 bits per heavy atom. The second kappa shape index (κ2) is 6.10. The monoisotopic (exact) mass is 344 g/mol. The molecular weight excluding hydrogens is 324 g/mol. The molecule has 1 fully saturated rings. The molecule has 1 heterocycles. The average Bonchev–Trinajstić information content (AvgIpc) is 2.87. The molecule has 5 heteroatoms. The first-order valence-corrected chi connectivity index (χ1v) is 8.44. The molecule has 1 saturated carbocycles. The number of nitrogens with one attached hydrogen (secondary N) is 2. The fraction of sp³-hybridized carbons (Fsp3) is 0.368. The van der Waals surface area contributed by atoms with Crippen LogP contribution in [0.25, 0.3) is 10.9 Å². The van der Waals surface area contributed by atoms with Crippen molar-refractivity contribution in [2.45, 2.75) is 45.1 Å². The molecule has 0 radical (unpaired) electrons. The van der Waals surface area contributed by atoms with Crippen LogP contribution in [0.4, 0.5) is 0 Å². The van der Waals surface area contributed by atoms with Crippen LogP contribution in [0.2, 0.25) is 5.02 Å². The Balaban J connectivity index is 1.90. The zero-order chi connectivity index (χ0) is 17.5. The molecular formula is C19H21ClN2O2. The van der Waals surface area contributed by atoms with E-state index in [0.717, 1.165) is 16.5 Å². The molecule has 24 heavy (non-hydrogen) atoms. The number of carbonyl (C=O) groups excluding carboxylic acids is 2. The van der Waals surface area contributed by atoms with Crippen molar-refractivity contribution < 1.29 is 9.59 Å². The molecule has 1 aromatic heterocycles. The second-order valence-corrected chi connectivity index (χ2v) is 7.72. The number of allylic oxidation sites excluding steroid dienone is 1. The molecule has 2 aromatic rings. The summed E-state index contributed by atoms with van der Waals surface area (Å²) in [5, 5.41) is 4.64.